The van der Waals surface area contributed by atoms with Gasteiger partial charge in [-0.25, -0.2) is 0 Å². The van der Waals surface area contributed by atoms with Crippen LogP contribution >= 0.6 is 0 Å². The number of nitrogens with one attached hydrogen (secondary N) is 1. The topological polar surface area (TPSA) is 58.6 Å². The molecule has 0 unspecified atom stereocenters. The highest BCUT2D eigenvalue weighted by Crippen LogP contribution is 2.18. The van der Waals surface area contributed by atoms with Gasteiger partial charge in [0, 0.05) is 13.1 Å². The maximum Gasteiger partial charge on any atom is 0.261 e. The highest BCUT2D eigenvalue weighted by molar-refractivity contribution is 5.88. The van der Waals surface area contributed by atoms with Crippen LogP contribution in [0.4, 0.5) is 0 Å². The molecule has 2 amide bonds. The second kappa shape index (κ2) is 11.4. The molecule has 0 bridgehead atoms. The van der Waals surface area contributed by atoms with Crippen LogP contribution in [0.25, 0.3) is 0 Å². The van der Waals surface area contributed by atoms with E-state index < -0.39 is 6.04 Å². The first-order valence-electron chi connectivity index (χ1n) is 10.7. The Morgan fingerprint density at radius 3 is 2.17 bits per heavy atom. The molecule has 162 valence electrons. The van der Waals surface area contributed by atoms with E-state index in [0.29, 0.717) is 25.3 Å². The summed E-state index contributed by atoms with van der Waals surface area (Å²) in [5.41, 5.74) is 4.31. The van der Waals surface area contributed by atoms with Gasteiger partial charge in [-0.1, -0.05) is 49.7 Å². The summed E-state index contributed by atoms with van der Waals surface area (Å²) in [4.78, 5) is 27.5. The Bertz CT molecular complexity index is 826. The second-order valence-electron chi connectivity index (χ2n) is 7.83. The minimum absolute atomic E-state index is 0.105. The van der Waals surface area contributed by atoms with Gasteiger partial charge in [-0.15, -0.1) is 0 Å². The summed E-state index contributed by atoms with van der Waals surface area (Å²) in [6, 6.07) is 13.4. The fourth-order valence-electron chi connectivity index (χ4n) is 3.42. The van der Waals surface area contributed by atoms with Crippen molar-refractivity contribution < 1.29 is 14.3 Å². The van der Waals surface area contributed by atoms with Crippen molar-refractivity contribution in [1.82, 2.24) is 10.2 Å². The van der Waals surface area contributed by atoms with E-state index in [2.05, 4.69) is 11.4 Å². The number of amides is 2. The van der Waals surface area contributed by atoms with E-state index in [0.717, 1.165) is 28.7 Å². The number of ether oxygens (including phenoxy) is 1. The van der Waals surface area contributed by atoms with Crippen LogP contribution < -0.4 is 10.1 Å². The van der Waals surface area contributed by atoms with Gasteiger partial charge in [0.1, 0.15) is 11.8 Å². The molecular formula is C25H34N2O3. The van der Waals surface area contributed by atoms with Crippen molar-refractivity contribution in [3.05, 3.63) is 64.7 Å². The minimum atomic E-state index is -0.534. The first-order valence-corrected chi connectivity index (χ1v) is 10.7. The lowest BCUT2D eigenvalue weighted by Gasteiger charge is -2.30. The maximum atomic E-state index is 13.2. The van der Waals surface area contributed by atoms with Crippen molar-refractivity contribution in [3.8, 4) is 5.75 Å². The van der Waals surface area contributed by atoms with E-state index >= 15 is 0 Å². The molecule has 1 N–H and O–H groups in total. The van der Waals surface area contributed by atoms with Gasteiger partial charge in [-0.2, -0.15) is 0 Å². The lowest BCUT2D eigenvalue weighted by Crippen LogP contribution is -2.50. The molecule has 0 heterocycles. The molecule has 0 radical (unpaired) electrons. The third-order valence-electron chi connectivity index (χ3n) is 4.97. The number of rotatable bonds is 10. The van der Waals surface area contributed by atoms with Gasteiger partial charge < -0.3 is 15.0 Å². The van der Waals surface area contributed by atoms with Gasteiger partial charge in [0.25, 0.3) is 5.91 Å². The SMILES string of the molecule is CCCNC(=O)[C@H](CC)N(Cc1ccc(C)cc1)C(=O)COc1cc(C)cc(C)c1. The molecule has 0 aliphatic heterocycles. The number of benzene rings is 2. The Morgan fingerprint density at radius 1 is 0.967 bits per heavy atom. The van der Waals surface area contributed by atoms with Crippen LogP contribution in [0.15, 0.2) is 42.5 Å². The largest absolute Gasteiger partial charge is 0.484 e. The molecule has 0 aliphatic rings. The molecular weight excluding hydrogens is 376 g/mol. The molecule has 0 aromatic heterocycles. The van der Waals surface area contributed by atoms with Gasteiger partial charge in [0.05, 0.1) is 0 Å². The molecule has 2 aromatic rings. The van der Waals surface area contributed by atoms with E-state index in [1.54, 1.807) is 4.90 Å². The molecule has 0 saturated carbocycles. The van der Waals surface area contributed by atoms with Crippen molar-refractivity contribution in [3.63, 3.8) is 0 Å². The molecule has 0 spiro atoms. The fraction of sp³-hybridized carbons (Fsp3) is 0.440. The Balaban J connectivity index is 2.20. The lowest BCUT2D eigenvalue weighted by atomic mass is 10.1. The molecule has 30 heavy (non-hydrogen) atoms. The summed E-state index contributed by atoms with van der Waals surface area (Å²) in [5, 5.41) is 2.93. The zero-order chi connectivity index (χ0) is 22.1. The summed E-state index contributed by atoms with van der Waals surface area (Å²) in [6.45, 7) is 10.8. The highest BCUT2D eigenvalue weighted by atomic mass is 16.5. The van der Waals surface area contributed by atoms with Crippen LogP contribution in [0.2, 0.25) is 0 Å². The van der Waals surface area contributed by atoms with Crippen LogP contribution in [0.5, 0.6) is 5.75 Å². The van der Waals surface area contributed by atoms with E-state index in [1.165, 1.54) is 0 Å². The van der Waals surface area contributed by atoms with Gasteiger partial charge in [-0.05, 0) is 62.4 Å². The predicted octanol–water partition coefficient (Wildman–Crippen LogP) is 4.32. The van der Waals surface area contributed by atoms with E-state index in [-0.39, 0.29) is 18.4 Å². The molecule has 0 saturated heterocycles. The molecule has 2 rings (SSSR count). The predicted molar refractivity (Wildman–Crippen MR) is 121 cm³/mol. The summed E-state index contributed by atoms with van der Waals surface area (Å²) >= 11 is 0. The molecule has 0 aliphatic carbocycles. The Labute approximate surface area is 180 Å². The van der Waals surface area contributed by atoms with E-state index in [1.807, 2.05) is 71.0 Å². The van der Waals surface area contributed by atoms with Gasteiger partial charge >= 0.3 is 0 Å². The van der Waals surface area contributed by atoms with Crippen LogP contribution in [0.1, 0.15) is 48.9 Å². The van der Waals surface area contributed by atoms with Crippen LogP contribution in [-0.4, -0.2) is 35.9 Å². The molecule has 0 fully saturated rings. The standard InChI is InChI=1S/C25H34N2O3/c1-6-12-26-25(29)23(7-2)27(16-21-10-8-18(3)9-11-21)24(28)17-30-22-14-19(4)13-20(5)15-22/h8-11,13-15,23H,6-7,12,16-17H2,1-5H3,(H,26,29)/t23-/m0/s1. The smallest absolute Gasteiger partial charge is 0.261 e. The average Bonchev–Trinajstić information content (AvgIpc) is 2.71. The Hall–Kier alpha value is -2.82. The van der Waals surface area contributed by atoms with Crippen LogP contribution in [-0.2, 0) is 16.1 Å². The van der Waals surface area contributed by atoms with Gasteiger partial charge in [-0.3, -0.25) is 9.59 Å². The zero-order valence-corrected chi connectivity index (χ0v) is 18.8. The van der Waals surface area contributed by atoms with Crippen molar-refractivity contribution in [2.45, 2.75) is 60.0 Å². The van der Waals surface area contributed by atoms with E-state index in [9.17, 15) is 9.59 Å². The third-order valence-corrected chi connectivity index (χ3v) is 4.97. The van der Waals surface area contributed by atoms with Crippen molar-refractivity contribution in [1.29, 1.82) is 0 Å². The number of aryl methyl sites for hydroxylation is 3. The van der Waals surface area contributed by atoms with Crippen LogP contribution in [0, 0.1) is 20.8 Å². The average molecular weight is 411 g/mol. The highest BCUT2D eigenvalue weighted by Gasteiger charge is 2.28. The number of hydrogen-bond acceptors (Lipinski definition) is 3. The number of nitrogens with zero attached hydrogens (tertiary/aromatic N) is 1. The number of hydrogen-bond donors (Lipinski definition) is 1. The third kappa shape index (κ3) is 6.90. The van der Waals surface area contributed by atoms with Crippen LogP contribution in [0.3, 0.4) is 0 Å². The van der Waals surface area contributed by atoms with Gasteiger partial charge in [0.15, 0.2) is 6.61 Å². The van der Waals surface area contributed by atoms with Crippen molar-refractivity contribution in [2.75, 3.05) is 13.2 Å². The van der Waals surface area contributed by atoms with Gasteiger partial charge in [0.2, 0.25) is 5.91 Å². The normalized spacial score (nSPS) is 11.6. The van der Waals surface area contributed by atoms with Crippen molar-refractivity contribution >= 4 is 11.8 Å². The van der Waals surface area contributed by atoms with Crippen molar-refractivity contribution in [2.24, 2.45) is 0 Å². The lowest BCUT2D eigenvalue weighted by molar-refractivity contribution is -0.143. The molecule has 1 atom stereocenters. The number of carbonyl (C=O) groups is 2. The Morgan fingerprint density at radius 2 is 1.60 bits per heavy atom. The summed E-state index contributed by atoms with van der Waals surface area (Å²) in [5.74, 6) is 0.346. The first kappa shape index (κ1) is 23.5. The fourth-order valence-corrected chi connectivity index (χ4v) is 3.42. The quantitative estimate of drug-likeness (QED) is 0.634. The first-order chi connectivity index (χ1) is 14.3. The second-order valence-corrected chi connectivity index (χ2v) is 7.83. The maximum absolute atomic E-state index is 13.2. The molecule has 5 heteroatoms. The van der Waals surface area contributed by atoms with E-state index in [4.69, 9.17) is 4.74 Å². The summed E-state index contributed by atoms with van der Waals surface area (Å²) < 4.78 is 5.80. The molecule has 2 aromatic carbocycles. The Kier molecular flexibility index (Phi) is 8.90. The summed E-state index contributed by atoms with van der Waals surface area (Å²) in [7, 11) is 0. The monoisotopic (exact) mass is 410 g/mol. The number of carbonyl (C=O) groups excluding carboxylic acids is 2. The zero-order valence-electron chi connectivity index (χ0n) is 18.8. The summed E-state index contributed by atoms with van der Waals surface area (Å²) in [6.07, 6.45) is 1.39. The molecule has 5 nitrogen and oxygen atoms in total. The minimum Gasteiger partial charge on any atom is -0.484 e.